The van der Waals surface area contributed by atoms with Gasteiger partial charge in [0.1, 0.15) is 5.75 Å². The molecule has 0 aromatic heterocycles. The molecule has 1 aliphatic heterocycles. The summed E-state index contributed by atoms with van der Waals surface area (Å²) >= 11 is 0. The van der Waals surface area contributed by atoms with Gasteiger partial charge in [0.25, 0.3) is 0 Å². The number of para-hydroxylation sites is 1. The lowest BCUT2D eigenvalue weighted by atomic mass is 9.85. The Bertz CT molecular complexity index is 593. The zero-order valence-corrected chi connectivity index (χ0v) is 12.2. The minimum absolute atomic E-state index is 0.543. The molecule has 2 aromatic carbocycles. The van der Waals surface area contributed by atoms with Gasteiger partial charge in [-0.15, -0.1) is 0 Å². The van der Waals surface area contributed by atoms with E-state index < -0.39 is 0 Å². The fraction of sp³-hybridized carbons (Fsp3) is 0.333. The summed E-state index contributed by atoms with van der Waals surface area (Å²) in [7, 11) is 3.95. The van der Waals surface area contributed by atoms with E-state index in [1.165, 1.54) is 16.7 Å². The standard InChI is InChI=1S/C18H21NO/c1-19-12-15-8-3-5-9-17(15)16(13-19)11-14-7-4-6-10-18(14)20-2/h3-10,16H,11-13H2,1-2H3. The maximum absolute atomic E-state index is 5.49. The van der Waals surface area contributed by atoms with Crippen molar-refractivity contribution >= 4 is 0 Å². The first-order valence-electron chi connectivity index (χ1n) is 7.16. The Hall–Kier alpha value is -1.80. The Morgan fingerprint density at radius 2 is 1.85 bits per heavy atom. The van der Waals surface area contributed by atoms with Crippen LogP contribution in [0.1, 0.15) is 22.6 Å². The number of rotatable bonds is 3. The first-order valence-corrected chi connectivity index (χ1v) is 7.16. The van der Waals surface area contributed by atoms with E-state index in [1.54, 1.807) is 7.11 Å². The van der Waals surface area contributed by atoms with E-state index in [0.29, 0.717) is 5.92 Å². The highest BCUT2D eigenvalue weighted by molar-refractivity contribution is 5.38. The highest BCUT2D eigenvalue weighted by Crippen LogP contribution is 2.32. The van der Waals surface area contributed by atoms with Gasteiger partial charge in [0.05, 0.1) is 7.11 Å². The lowest BCUT2D eigenvalue weighted by molar-refractivity contribution is 0.278. The van der Waals surface area contributed by atoms with Gasteiger partial charge in [0.2, 0.25) is 0 Å². The second kappa shape index (κ2) is 5.68. The van der Waals surface area contributed by atoms with E-state index in [2.05, 4.69) is 48.3 Å². The molecule has 0 bridgehead atoms. The van der Waals surface area contributed by atoms with Gasteiger partial charge in [0.15, 0.2) is 0 Å². The van der Waals surface area contributed by atoms with E-state index in [1.807, 2.05) is 12.1 Å². The van der Waals surface area contributed by atoms with Crippen LogP contribution in [0.4, 0.5) is 0 Å². The van der Waals surface area contributed by atoms with Gasteiger partial charge < -0.3 is 9.64 Å². The molecule has 0 aliphatic carbocycles. The third-order valence-corrected chi connectivity index (χ3v) is 4.13. The average Bonchev–Trinajstić information content (AvgIpc) is 2.47. The highest BCUT2D eigenvalue weighted by atomic mass is 16.5. The van der Waals surface area contributed by atoms with Crippen molar-refractivity contribution in [2.24, 2.45) is 0 Å². The molecule has 3 rings (SSSR count). The second-order valence-electron chi connectivity index (χ2n) is 5.61. The number of hydrogen-bond acceptors (Lipinski definition) is 2. The predicted octanol–water partition coefficient (Wildman–Crippen LogP) is 3.47. The average molecular weight is 267 g/mol. The molecule has 1 unspecified atom stereocenters. The first-order chi connectivity index (χ1) is 9.78. The minimum Gasteiger partial charge on any atom is -0.496 e. The zero-order valence-electron chi connectivity index (χ0n) is 12.2. The molecular weight excluding hydrogens is 246 g/mol. The fourth-order valence-electron chi connectivity index (χ4n) is 3.22. The number of methoxy groups -OCH3 is 1. The molecule has 2 heteroatoms. The summed E-state index contributed by atoms with van der Waals surface area (Å²) in [5.41, 5.74) is 4.25. The van der Waals surface area contributed by atoms with Gasteiger partial charge in [-0.3, -0.25) is 0 Å². The molecule has 0 N–H and O–H groups in total. The van der Waals surface area contributed by atoms with E-state index in [-0.39, 0.29) is 0 Å². The SMILES string of the molecule is COc1ccccc1CC1CN(C)Cc2ccccc21. The molecule has 104 valence electrons. The highest BCUT2D eigenvalue weighted by Gasteiger charge is 2.23. The van der Waals surface area contributed by atoms with Crippen molar-refractivity contribution in [3.63, 3.8) is 0 Å². The number of benzene rings is 2. The van der Waals surface area contributed by atoms with Crippen LogP contribution in [-0.2, 0) is 13.0 Å². The lowest BCUT2D eigenvalue weighted by Crippen LogP contribution is -2.31. The van der Waals surface area contributed by atoms with Gasteiger partial charge in [-0.25, -0.2) is 0 Å². The summed E-state index contributed by atoms with van der Waals surface area (Å²) in [4.78, 5) is 2.41. The Balaban J connectivity index is 1.91. The van der Waals surface area contributed by atoms with Crippen LogP contribution >= 0.6 is 0 Å². The maximum Gasteiger partial charge on any atom is 0.122 e. The van der Waals surface area contributed by atoms with Gasteiger partial charge >= 0.3 is 0 Å². The molecule has 1 aliphatic rings. The third-order valence-electron chi connectivity index (χ3n) is 4.13. The Labute approximate surface area is 121 Å². The van der Waals surface area contributed by atoms with Crippen molar-refractivity contribution in [1.82, 2.24) is 4.90 Å². The summed E-state index contributed by atoms with van der Waals surface area (Å²) < 4.78 is 5.49. The molecule has 0 fully saturated rings. The van der Waals surface area contributed by atoms with E-state index in [9.17, 15) is 0 Å². The van der Waals surface area contributed by atoms with Crippen molar-refractivity contribution in [2.75, 3.05) is 20.7 Å². The molecular formula is C18H21NO. The minimum atomic E-state index is 0.543. The van der Waals surface area contributed by atoms with Gasteiger partial charge in [-0.1, -0.05) is 42.5 Å². The number of fused-ring (bicyclic) bond motifs is 1. The Kier molecular flexibility index (Phi) is 3.75. The molecule has 0 saturated heterocycles. The molecule has 0 radical (unpaired) electrons. The summed E-state index contributed by atoms with van der Waals surface area (Å²) in [6.07, 6.45) is 1.03. The molecule has 0 amide bonds. The summed E-state index contributed by atoms with van der Waals surface area (Å²) in [5, 5.41) is 0. The summed E-state index contributed by atoms with van der Waals surface area (Å²) in [6.45, 7) is 2.16. The van der Waals surface area contributed by atoms with Crippen LogP contribution in [-0.4, -0.2) is 25.6 Å². The first kappa shape index (κ1) is 13.2. The van der Waals surface area contributed by atoms with Crippen LogP contribution in [0.3, 0.4) is 0 Å². The number of likely N-dealkylation sites (N-methyl/N-ethyl adjacent to an activating group) is 1. The smallest absolute Gasteiger partial charge is 0.122 e. The van der Waals surface area contributed by atoms with Crippen molar-refractivity contribution in [3.05, 3.63) is 65.2 Å². The lowest BCUT2D eigenvalue weighted by Gasteiger charge is -2.32. The van der Waals surface area contributed by atoms with Crippen molar-refractivity contribution in [3.8, 4) is 5.75 Å². The van der Waals surface area contributed by atoms with E-state index in [0.717, 1.165) is 25.3 Å². The molecule has 2 aromatic rings. The van der Waals surface area contributed by atoms with Crippen LogP contribution in [0.25, 0.3) is 0 Å². The van der Waals surface area contributed by atoms with Gasteiger partial charge in [0, 0.05) is 19.0 Å². The van der Waals surface area contributed by atoms with Crippen molar-refractivity contribution < 1.29 is 4.74 Å². The van der Waals surface area contributed by atoms with Gasteiger partial charge in [-0.2, -0.15) is 0 Å². The fourth-order valence-corrected chi connectivity index (χ4v) is 3.22. The van der Waals surface area contributed by atoms with Gasteiger partial charge in [-0.05, 0) is 36.2 Å². The summed E-state index contributed by atoms with van der Waals surface area (Å²) in [6, 6.07) is 17.2. The quantitative estimate of drug-likeness (QED) is 0.844. The van der Waals surface area contributed by atoms with E-state index in [4.69, 9.17) is 4.74 Å². The number of nitrogens with zero attached hydrogens (tertiary/aromatic N) is 1. The maximum atomic E-state index is 5.49. The Morgan fingerprint density at radius 1 is 1.10 bits per heavy atom. The molecule has 20 heavy (non-hydrogen) atoms. The summed E-state index contributed by atoms with van der Waals surface area (Å²) in [5.74, 6) is 1.54. The van der Waals surface area contributed by atoms with Crippen LogP contribution in [0.2, 0.25) is 0 Å². The molecule has 1 heterocycles. The Morgan fingerprint density at radius 3 is 2.70 bits per heavy atom. The molecule has 0 spiro atoms. The molecule has 1 atom stereocenters. The molecule has 2 nitrogen and oxygen atoms in total. The van der Waals surface area contributed by atoms with Crippen LogP contribution in [0, 0.1) is 0 Å². The molecule has 0 saturated carbocycles. The van der Waals surface area contributed by atoms with E-state index >= 15 is 0 Å². The second-order valence-corrected chi connectivity index (χ2v) is 5.61. The zero-order chi connectivity index (χ0) is 13.9. The topological polar surface area (TPSA) is 12.5 Å². The largest absolute Gasteiger partial charge is 0.496 e. The number of ether oxygens (including phenoxy) is 1. The number of hydrogen-bond donors (Lipinski definition) is 0. The third kappa shape index (κ3) is 2.56. The van der Waals surface area contributed by atoms with Crippen molar-refractivity contribution in [2.45, 2.75) is 18.9 Å². The monoisotopic (exact) mass is 267 g/mol. The van der Waals surface area contributed by atoms with Crippen LogP contribution < -0.4 is 4.74 Å². The van der Waals surface area contributed by atoms with Crippen LogP contribution in [0.5, 0.6) is 5.75 Å². The van der Waals surface area contributed by atoms with Crippen LogP contribution in [0.15, 0.2) is 48.5 Å². The predicted molar refractivity (Wildman–Crippen MR) is 82.2 cm³/mol. The van der Waals surface area contributed by atoms with Crippen molar-refractivity contribution in [1.29, 1.82) is 0 Å². The normalized spacial score (nSPS) is 18.6.